The Balaban J connectivity index is 2.87. The summed E-state index contributed by atoms with van der Waals surface area (Å²) >= 11 is 10.7. The first-order valence-electron chi connectivity index (χ1n) is 3.37. The molecule has 0 atom stereocenters. The zero-order valence-corrected chi connectivity index (χ0v) is 9.37. The van der Waals surface area contributed by atoms with Gasteiger partial charge in [0.15, 0.2) is 3.92 Å². The normalized spacial score (nSPS) is 10.2. The predicted octanol–water partition coefficient (Wildman–Crippen LogP) is 3.58. The molecular formula is C8H2BrClN2S. The van der Waals surface area contributed by atoms with E-state index in [-0.39, 0.29) is 0 Å². The van der Waals surface area contributed by atoms with E-state index in [0.29, 0.717) is 16.1 Å². The van der Waals surface area contributed by atoms with Gasteiger partial charge in [0, 0.05) is 0 Å². The van der Waals surface area contributed by atoms with E-state index in [9.17, 15) is 0 Å². The summed E-state index contributed by atoms with van der Waals surface area (Å²) in [5, 5.41) is 9.15. The third-order valence-electron chi connectivity index (χ3n) is 1.59. The average Bonchev–Trinajstić information content (AvgIpc) is 2.47. The highest BCUT2D eigenvalue weighted by Gasteiger charge is 2.08. The Hall–Kier alpha value is -0.630. The molecule has 0 unspecified atom stereocenters. The van der Waals surface area contributed by atoms with Crippen LogP contribution in [-0.2, 0) is 0 Å². The van der Waals surface area contributed by atoms with Crippen LogP contribution in [0.5, 0.6) is 0 Å². The molecule has 0 amide bonds. The van der Waals surface area contributed by atoms with E-state index in [1.165, 1.54) is 11.3 Å². The summed E-state index contributed by atoms with van der Waals surface area (Å²) in [6.07, 6.45) is 0. The fraction of sp³-hybridized carbons (Fsp3) is 0. The quantitative estimate of drug-likeness (QED) is 0.735. The minimum Gasteiger partial charge on any atom is -0.227 e. The van der Waals surface area contributed by atoms with Crippen LogP contribution in [0, 0.1) is 11.3 Å². The predicted molar refractivity (Wildman–Crippen MR) is 57.0 cm³/mol. The lowest BCUT2D eigenvalue weighted by molar-refractivity contribution is 1.43. The van der Waals surface area contributed by atoms with Gasteiger partial charge in [-0.15, -0.1) is 11.3 Å². The number of halogens is 2. The lowest BCUT2D eigenvalue weighted by atomic mass is 10.2. The molecule has 1 aromatic heterocycles. The summed E-state index contributed by atoms with van der Waals surface area (Å²) in [6, 6.07) is 5.57. The fourth-order valence-corrected chi connectivity index (χ4v) is 2.73. The number of hydrogen-bond acceptors (Lipinski definition) is 3. The van der Waals surface area contributed by atoms with Gasteiger partial charge < -0.3 is 0 Å². The number of aromatic nitrogens is 1. The topological polar surface area (TPSA) is 36.7 Å². The first-order valence-corrected chi connectivity index (χ1v) is 5.36. The second kappa shape index (κ2) is 3.26. The molecule has 0 N–H and O–H groups in total. The molecule has 2 aromatic rings. The molecule has 0 bridgehead atoms. The van der Waals surface area contributed by atoms with Crippen LogP contribution < -0.4 is 0 Å². The third-order valence-corrected chi connectivity index (χ3v) is 3.45. The molecule has 0 aliphatic heterocycles. The van der Waals surface area contributed by atoms with Gasteiger partial charge in [-0.25, -0.2) is 4.98 Å². The van der Waals surface area contributed by atoms with Crippen molar-refractivity contribution in [3.8, 4) is 6.07 Å². The molecule has 64 valence electrons. The van der Waals surface area contributed by atoms with Crippen LogP contribution >= 0.6 is 38.9 Å². The van der Waals surface area contributed by atoms with Crippen molar-refractivity contribution < 1.29 is 0 Å². The minimum absolute atomic E-state index is 0.432. The highest BCUT2D eigenvalue weighted by atomic mass is 79.9. The van der Waals surface area contributed by atoms with Crippen LogP contribution in [0.1, 0.15) is 5.56 Å². The molecule has 1 aromatic carbocycles. The zero-order chi connectivity index (χ0) is 9.42. The summed E-state index contributed by atoms with van der Waals surface area (Å²) in [5.74, 6) is 0. The number of nitriles is 1. The second-order valence-electron chi connectivity index (χ2n) is 2.35. The molecule has 1 heterocycles. The summed E-state index contributed by atoms with van der Waals surface area (Å²) in [5.41, 5.74) is 1.16. The Morgan fingerprint density at radius 3 is 3.00 bits per heavy atom. The number of benzene rings is 1. The molecule has 0 fully saturated rings. The van der Waals surface area contributed by atoms with Gasteiger partial charge in [0.2, 0.25) is 0 Å². The molecule has 0 spiro atoms. The van der Waals surface area contributed by atoms with E-state index >= 15 is 0 Å². The Bertz CT molecular complexity index is 515. The highest BCUT2D eigenvalue weighted by Crippen LogP contribution is 2.32. The molecule has 0 saturated carbocycles. The largest absolute Gasteiger partial charge is 0.227 e. The molecule has 0 saturated heterocycles. The Kier molecular flexibility index (Phi) is 2.24. The molecule has 0 aliphatic rings. The molecule has 2 rings (SSSR count). The second-order valence-corrected chi connectivity index (χ2v) is 5.04. The van der Waals surface area contributed by atoms with Gasteiger partial charge in [-0.2, -0.15) is 5.26 Å². The van der Waals surface area contributed by atoms with Crippen LogP contribution in [0.3, 0.4) is 0 Å². The fourth-order valence-electron chi connectivity index (χ4n) is 1.02. The van der Waals surface area contributed by atoms with Gasteiger partial charge in [0.05, 0.1) is 15.3 Å². The molecule has 2 nitrogen and oxygen atoms in total. The van der Waals surface area contributed by atoms with Gasteiger partial charge in [-0.1, -0.05) is 11.6 Å². The average molecular weight is 274 g/mol. The number of fused-ring (bicyclic) bond motifs is 1. The summed E-state index contributed by atoms with van der Waals surface area (Å²) < 4.78 is 1.76. The van der Waals surface area contributed by atoms with Crippen molar-refractivity contribution in [1.82, 2.24) is 4.98 Å². The lowest BCUT2D eigenvalue weighted by Gasteiger charge is -1.93. The highest BCUT2D eigenvalue weighted by molar-refractivity contribution is 9.11. The van der Waals surface area contributed by atoms with E-state index < -0.39 is 0 Å². The van der Waals surface area contributed by atoms with Crippen molar-refractivity contribution in [3.63, 3.8) is 0 Å². The Labute approximate surface area is 91.9 Å². The van der Waals surface area contributed by atoms with Gasteiger partial charge in [-0.05, 0) is 28.1 Å². The van der Waals surface area contributed by atoms with Gasteiger partial charge in [0.1, 0.15) is 11.6 Å². The Morgan fingerprint density at radius 2 is 2.31 bits per heavy atom. The van der Waals surface area contributed by atoms with Gasteiger partial charge in [-0.3, -0.25) is 0 Å². The lowest BCUT2D eigenvalue weighted by Crippen LogP contribution is -1.77. The van der Waals surface area contributed by atoms with Gasteiger partial charge in [0.25, 0.3) is 0 Å². The number of hydrogen-bond donors (Lipinski definition) is 0. The van der Waals surface area contributed by atoms with Crippen LogP contribution in [0.25, 0.3) is 10.2 Å². The van der Waals surface area contributed by atoms with Crippen molar-refractivity contribution >= 4 is 49.1 Å². The number of nitrogens with zero attached hydrogens (tertiary/aromatic N) is 2. The third kappa shape index (κ3) is 1.44. The van der Waals surface area contributed by atoms with E-state index in [2.05, 4.69) is 20.9 Å². The smallest absolute Gasteiger partial charge is 0.160 e. The molecule has 5 heteroatoms. The minimum atomic E-state index is 0.432. The molecule has 0 radical (unpaired) electrons. The van der Waals surface area contributed by atoms with Crippen molar-refractivity contribution in [2.24, 2.45) is 0 Å². The summed E-state index contributed by atoms with van der Waals surface area (Å²) in [6.45, 7) is 0. The standard InChI is InChI=1S/C8H2BrClN2S/c9-8-12-7-5(13-8)2-1-4(3-11)6(7)10/h1-2H. The van der Waals surface area contributed by atoms with Crippen molar-refractivity contribution in [3.05, 3.63) is 26.6 Å². The van der Waals surface area contributed by atoms with E-state index in [4.69, 9.17) is 16.9 Å². The van der Waals surface area contributed by atoms with Crippen LogP contribution in [0.2, 0.25) is 5.02 Å². The number of rotatable bonds is 0. The summed E-state index contributed by atoms with van der Waals surface area (Å²) in [4.78, 5) is 4.17. The van der Waals surface area contributed by atoms with Crippen LogP contribution in [0.4, 0.5) is 0 Å². The maximum atomic E-state index is 8.71. The maximum Gasteiger partial charge on any atom is 0.160 e. The zero-order valence-electron chi connectivity index (χ0n) is 6.21. The molecule has 13 heavy (non-hydrogen) atoms. The monoisotopic (exact) mass is 272 g/mol. The van der Waals surface area contributed by atoms with Crippen molar-refractivity contribution in [2.75, 3.05) is 0 Å². The first-order chi connectivity index (χ1) is 6.22. The van der Waals surface area contributed by atoms with Crippen LogP contribution in [0.15, 0.2) is 16.0 Å². The molecule has 0 aliphatic carbocycles. The summed E-state index contributed by atoms with van der Waals surface area (Å²) in [7, 11) is 0. The SMILES string of the molecule is N#Cc1ccc2sc(Br)nc2c1Cl. The maximum absolute atomic E-state index is 8.71. The van der Waals surface area contributed by atoms with Crippen LogP contribution in [-0.4, -0.2) is 4.98 Å². The first kappa shape index (κ1) is 8.95. The van der Waals surface area contributed by atoms with Crippen molar-refractivity contribution in [2.45, 2.75) is 0 Å². The van der Waals surface area contributed by atoms with E-state index in [1.807, 2.05) is 12.1 Å². The number of thiazole rings is 1. The van der Waals surface area contributed by atoms with E-state index in [0.717, 1.165) is 8.62 Å². The molecular weight excluding hydrogens is 272 g/mol. The Morgan fingerprint density at radius 1 is 1.54 bits per heavy atom. The van der Waals surface area contributed by atoms with Gasteiger partial charge >= 0.3 is 0 Å². The van der Waals surface area contributed by atoms with Crippen molar-refractivity contribution in [1.29, 1.82) is 5.26 Å². The van der Waals surface area contributed by atoms with E-state index in [1.54, 1.807) is 6.07 Å².